The van der Waals surface area contributed by atoms with Gasteiger partial charge in [0.1, 0.15) is 0 Å². The molecule has 1 aliphatic heterocycles. The largest absolute Gasteiger partial charge is 0.374 e. The fourth-order valence-corrected chi connectivity index (χ4v) is 2.76. The Morgan fingerprint density at radius 1 is 1.74 bits per heavy atom. The fraction of sp³-hybridized carbons (Fsp3) is 0.667. The maximum absolute atomic E-state index is 10.9. The summed E-state index contributed by atoms with van der Waals surface area (Å²) in [6, 6.07) is 0. The van der Waals surface area contributed by atoms with Crippen LogP contribution in [0.1, 0.15) is 12.6 Å². The Hall–Kier alpha value is -1.02. The van der Waals surface area contributed by atoms with Crippen LogP contribution in [-0.2, 0) is 16.1 Å². The summed E-state index contributed by atoms with van der Waals surface area (Å²) in [5.41, 5.74) is 0.972. The number of hydrogen-bond donors (Lipinski definition) is 2. The van der Waals surface area contributed by atoms with Crippen LogP contribution in [0.15, 0.2) is 5.38 Å². The van der Waals surface area contributed by atoms with Crippen molar-refractivity contribution in [2.45, 2.75) is 19.6 Å². The van der Waals surface area contributed by atoms with Crippen LogP contribution < -0.4 is 10.6 Å². The topological polar surface area (TPSA) is 66.5 Å². The van der Waals surface area contributed by atoms with Gasteiger partial charge in [-0.05, 0) is 7.05 Å². The third-order valence-electron chi connectivity index (χ3n) is 2.79. The maximum Gasteiger partial charge on any atom is 0.223 e. The SMILES string of the molecule is CC(=O)Nc1nc(CN(C)CC2CNCCO2)cs1. The van der Waals surface area contributed by atoms with Gasteiger partial charge in [-0.2, -0.15) is 0 Å². The Morgan fingerprint density at radius 2 is 2.58 bits per heavy atom. The number of aromatic nitrogens is 1. The molecule has 106 valence electrons. The molecule has 1 aromatic heterocycles. The predicted octanol–water partition coefficient (Wildman–Crippen LogP) is 0.522. The molecule has 2 rings (SSSR count). The summed E-state index contributed by atoms with van der Waals surface area (Å²) < 4.78 is 5.67. The van der Waals surface area contributed by atoms with E-state index in [9.17, 15) is 4.79 Å². The zero-order chi connectivity index (χ0) is 13.7. The van der Waals surface area contributed by atoms with Crippen molar-refractivity contribution < 1.29 is 9.53 Å². The van der Waals surface area contributed by atoms with Gasteiger partial charge in [-0.3, -0.25) is 9.69 Å². The summed E-state index contributed by atoms with van der Waals surface area (Å²) in [4.78, 5) is 17.5. The van der Waals surface area contributed by atoms with Crippen LogP contribution in [0.3, 0.4) is 0 Å². The van der Waals surface area contributed by atoms with Gasteiger partial charge in [-0.25, -0.2) is 4.98 Å². The van der Waals surface area contributed by atoms with Gasteiger partial charge in [-0.15, -0.1) is 11.3 Å². The molecule has 1 atom stereocenters. The molecule has 0 bridgehead atoms. The van der Waals surface area contributed by atoms with Crippen molar-refractivity contribution in [1.29, 1.82) is 0 Å². The molecule has 2 heterocycles. The normalized spacial score (nSPS) is 19.6. The Labute approximate surface area is 117 Å². The maximum atomic E-state index is 10.9. The zero-order valence-corrected chi connectivity index (χ0v) is 12.1. The number of carbonyl (C=O) groups excluding carboxylic acids is 1. The van der Waals surface area contributed by atoms with Crippen LogP contribution in [0.4, 0.5) is 5.13 Å². The first-order chi connectivity index (χ1) is 9.13. The van der Waals surface area contributed by atoms with E-state index >= 15 is 0 Å². The lowest BCUT2D eigenvalue weighted by Crippen LogP contribution is -2.44. The average Bonchev–Trinajstić information content (AvgIpc) is 2.76. The highest BCUT2D eigenvalue weighted by molar-refractivity contribution is 7.13. The molecule has 2 N–H and O–H groups in total. The fourth-order valence-electron chi connectivity index (χ4n) is 2.01. The molecule has 1 fully saturated rings. The lowest BCUT2D eigenvalue weighted by Gasteiger charge is -2.27. The van der Waals surface area contributed by atoms with Crippen LogP contribution in [0.25, 0.3) is 0 Å². The van der Waals surface area contributed by atoms with E-state index in [0.717, 1.165) is 38.5 Å². The molecule has 1 aliphatic rings. The van der Waals surface area contributed by atoms with Gasteiger partial charge in [0, 0.05) is 38.5 Å². The molecule has 0 radical (unpaired) electrons. The Morgan fingerprint density at radius 3 is 3.26 bits per heavy atom. The Kier molecular flexibility index (Phi) is 5.26. The number of anilines is 1. The minimum Gasteiger partial charge on any atom is -0.374 e. The van der Waals surface area contributed by atoms with Gasteiger partial charge in [-0.1, -0.05) is 0 Å². The van der Waals surface area contributed by atoms with Gasteiger partial charge in [0.15, 0.2) is 5.13 Å². The highest BCUT2D eigenvalue weighted by Gasteiger charge is 2.16. The first-order valence-corrected chi connectivity index (χ1v) is 7.24. The molecule has 1 saturated heterocycles. The molecule has 0 saturated carbocycles. The van der Waals surface area contributed by atoms with Crippen molar-refractivity contribution in [3.05, 3.63) is 11.1 Å². The molecule has 19 heavy (non-hydrogen) atoms. The summed E-state index contributed by atoms with van der Waals surface area (Å²) in [5, 5.41) is 8.64. The second-order valence-corrected chi connectivity index (χ2v) is 5.58. The number of amides is 1. The summed E-state index contributed by atoms with van der Waals surface area (Å²) in [7, 11) is 2.05. The predicted molar refractivity (Wildman–Crippen MR) is 75.4 cm³/mol. The summed E-state index contributed by atoms with van der Waals surface area (Å²) in [6.07, 6.45) is 0.243. The number of nitrogens with zero attached hydrogens (tertiary/aromatic N) is 2. The number of rotatable bonds is 5. The van der Waals surface area contributed by atoms with Crippen LogP contribution in [-0.4, -0.2) is 55.2 Å². The van der Waals surface area contributed by atoms with Gasteiger partial charge < -0.3 is 15.4 Å². The molecule has 1 aromatic rings. The third kappa shape index (κ3) is 4.87. The van der Waals surface area contributed by atoms with E-state index in [0.29, 0.717) is 5.13 Å². The molecule has 1 unspecified atom stereocenters. The minimum absolute atomic E-state index is 0.0871. The van der Waals surface area contributed by atoms with Gasteiger partial charge in [0.2, 0.25) is 5.91 Å². The highest BCUT2D eigenvalue weighted by atomic mass is 32.1. The van der Waals surface area contributed by atoms with Gasteiger partial charge >= 0.3 is 0 Å². The van der Waals surface area contributed by atoms with Crippen molar-refractivity contribution in [3.8, 4) is 0 Å². The van der Waals surface area contributed by atoms with Crippen molar-refractivity contribution >= 4 is 22.4 Å². The second kappa shape index (κ2) is 6.95. The molecule has 0 aliphatic carbocycles. The molecular weight excluding hydrogens is 264 g/mol. The zero-order valence-electron chi connectivity index (χ0n) is 11.3. The van der Waals surface area contributed by atoms with Crippen molar-refractivity contribution in [2.75, 3.05) is 38.6 Å². The van der Waals surface area contributed by atoms with E-state index < -0.39 is 0 Å². The lowest BCUT2D eigenvalue weighted by molar-refractivity contribution is -0.114. The monoisotopic (exact) mass is 284 g/mol. The standard InChI is InChI=1S/C12H20N4O2S/c1-9(17)14-12-15-10(8-19-12)6-16(2)7-11-5-13-3-4-18-11/h8,11,13H,3-7H2,1-2H3,(H,14,15,17). The molecule has 6 nitrogen and oxygen atoms in total. The van der Waals surface area contributed by atoms with E-state index in [-0.39, 0.29) is 12.0 Å². The molecule has 7 heteroatoms. The van der Waals surface area contributed by atoms with Crippen molar-refractivity contribution in [2.24, 2.45) is 0 Å². The number of nitrogens with one attached hydrogen (secondary N) is 2. The van der Waals surface area contributed by atoms with Gasteiger partial charge in [0.05, 0.1) is 18.4 Å². The second-order valence-electron chi connectivity index (χ2n) is 4.72. The van der Waals surface area contributed by atoms with E-state index in [1.807, 2.05) is 5.38 Å². The number of carbonyl (C=O) groups is 1. The summed E-state index contributed by atoms with van der Waals surface area (Å²) in [6.45, 7) is 5.74. The Bertz CT molecular complexity index is 418. The van der Waals surface area contributed by atoms with Crippen LogP contribution in [0.5, 0.6) is 0 Å². The number of hydrogen-bond acceptors (Lipinski definition) is 6. The Balaban J connectivity index is 1.79. The van der Waals surface area contributed by atoms with E-state index in [4.69, 9.17) is 4.74 Å². The van der Waals surface area contributed by atoms with Crippen LogP contribution in [0, 0.1) is 0 Å². The van der Waals surface area contributed by atoms with Crippen LogP contribution >= 0.6 is 11.3 Å². The number of morpholine rings is 1. The average molecular weight is 284 g/mol. The van der Waals surface area contributed by atoms with E-state index in [2.05, 4.69) is 27.6 Å². The van der Waals surface area contributed by atoms with E-state index in [1.165, 1.54) is 18.3 Å². The molecule has 0 aromatic carbocycles. The first kappa shape index (κ1) is 14.4. The first-order valence-electron chi connectivity index (χ1n) is 6.36. The smallest absolute Gasteiger partial charge is 0.223 e. The number of thiazole rings is 1. The molecule has 0 spiro atoms. The number of likely N-dealkylation sites (N-methyl/N-ethyl adjacent to an activating group) is 1. The third-order valence-corrected chi connectivity index (χ3v) is 3.59. The summed E-state index contributed by atoms with van der Waals surface area (Å²) in [5.74, 6) is -0.0871. The minimum atomic E-state index is -0.0871. The van der Waals surface area contributed by atoms with Gasteiger partial charge in [0.25, 0.3) is 0 Å². The van der Waals surface area contributed by atoms with Crippen molar-refractivity contribution in [3.63, 3.8) is 0 Å². The quantitative estimate of drug-likeness (QED) is 0.825. The number of ether oxygens (including phenoxy) is 1. The molecular formula is C12H20N4O2S. The van der Waals surface area contributed by atoms with Crippen molar-refractivity contribution in [1.82, 2.24) is 15.2 Å². The lowest BCUT2D eigenvalue weighted by atomic mass is 10.3. The van der Waals surface area contributed by atoms with E-state index in [1.54, 1.807) is 0 Å². The van der Waals surface area contributed by atoms with Crippen LogP contribution in [0.2, 0.25) is 0 Å². The summed E-state index contributed by atoms with van der Waals surface area (Å²) >= 11 is 1.45. The molecule has 1 amide bonds. The highest BCUT2D eigenvalue weighted by Crippen LogP contribution is 2.16.